The van der Waals surface area contributed by atoms with E-state index in [0.717, 1.165) is 16.8 Å². The summed E-state index contributed by atoms with van der Waals surface area (Å²) in [6.07, 6.45) is 0. The van der Waals surface area contributed by atoms with Gasteiger partial charge in [-0.3, -0.25) is 0 Å². The Balaban J connectivity index is 2.21. The lowest BCUT2D eigenvalue weighted by Crippen LogP contribution is -2.03. The van der Waals surface area contributed by atoms with E-state index < -0.39 is 0 Å². The van der Waals surface area contributed by atoms with Gasteiger partial charge >= 0.3 is 0 Å². The molecule has 1 heterocycles. The number of rotatable bonds is 2. The third-order valence-electron chi connectivity index (χ3n) is 3.12. The van der Waals surface area contributed by atoms with Crippen LogP contribution in [0.5, 0.6) is 0 Å². The van der Waals surface area contributed by atoms with Crippen LogP contribution in [0.1, 0.15) is 5.56 Å². The molecule has 0 unspecified atom stereocenters. The van der Waals surface area contributed by atoms with Gasteiger partial charge in [0.05, 0.1) is 10.7 Å². The van der Waals surface area contributed by atoms with E-state index in [-0.39, 0.29) is 0 Å². The van der Waals surface area contributed by atoms with Crippen molar-refractivity contribution in [2.75, 3.05) is 5.73 Å². The predicted molar refractivity (Wildman–Crippen MR) is 78.7 cm³/mol. The first-order valence-electron chi connectivity index (χ1n) is 6.07. The lowest BCUT2D eigenvalue weighted by Gasteiger charge is -2.09. The molecule has 0 radical (unpaired) electrons. The fourth-order valence-corrected chi connectivity index (χ4v) is 2.23. The minimum absolute atomic E-state index is 0.569. The normalized spacial score (nSPS) is 10.7. The van der Waals surface area contributed by atoms with Gasteiger partial charge in [0, 0.05) is 11.3 Å². The molecular weight excluding hydrogens is 274 g/mol. The molecule has 0 saturated carbocycles. The van der Waals surface area contributed by atoms with Gasteiger partial charge in [-0.2, -0.15) is 4.68 Å². The number of aryl methyl sites for hydroxylation is 1. The summed E-state index contributed by atoms with van der Waals surface area (Å²) >= 11 is 6.20. The largest absolute Gasteiger partial charge is 0.398 e. The van der Waals surface area contributed by atoms with Gasteiger partial charge in [0.25, 0.3) is 0 Å². The van der Waals surface area contributed by atoms with Crippen molar-refractivity contribution in [2.45, 2.75) is 6.92 Å². The summed E-state index contributed by atoms with van der Waals surface area (Å²) in [5, 5.41) is 12.4. The molecule has 0 spiro atoms. The Morgan fingerprint density at radius 3 is 2.70 bits per heavy atom. The average Bonchev–Trinajstić information content (AvgIpc) is 2.91. The van der Waals surface area contributed by atoms with E-state index in [0.29, 0.717) is 16.5 Å². The average molecular weight is 286 g/mol. The molecule has 6 heteroatoms. The van der Waals surface area contributed by atoms with E-state index in [4.69, 9.17) is 17.3 Å². The number of benzene rings is 2. The summed E-state index contributed by atoms with van der Waals surface area (Å²) in [6.45, 7) is 1.95. The highest BCUT2D eigenvalue weighted by molar-refractivity contribution is 6.32. The Kier molecular flexibility index (Phi) is 3.12. The standard InChI is InChI=1S/C14H12ClN5/c1-9-5-4-6-10(13(9)16)14-17-18-19-20(14)12-8-3-2-7-11(12)15/h2-8H,16H2,1H3. The van der Waals surface area contributed by atoms with Crippen molar-refractivity contribution >= 4 is 17.3 Å². The van der Waals surface area contributed by atoms with Crippen LogP contribution in [-0.2, 0) is 0 Å². The van der Waals surface area contributed by atoms with Crippen molar-refractivity contribution in [3.8, 4) is 17.1 Å². The number of para-hydroxylation sites is 2. The molecule has 2 aromatic carbocycles. The first-order chi connectivity index (χ1) is 9.68. The molecule has 0 atom stereocenters. The molecule has 0 aliphatic carbocycles. The maximum atomic E-state index is 6.20. The summed E-state index contributed by atoms with van der Waals surface area (Å²) in [6, 6.07) is 13.1. The lowest BCUT2D eigenvalue weighted by molar-refractivity contribution is 0.791. The van der Waals surface area contributed by atoms with Crippen molar-refractivity contribution < 1.29 is 0 Å². The molecule has 0 saturated heterocycles. The van der Waals surface area contributed by atoms with E-state index in [9.17, 15) is 0 Å². The Bertz CT molecular complexity index is 766. The van der Waals surface area contributed by atoms with Crippen molar-refractivity contribution in [2.24, 2.45) is 0 Å². The zero-order valence-electron chi connectivity index (χ0n) is 10.8. The van der Waals surface area contributed by atoms with E-state index in [1.54, 1.807) is 10.7 Å². The fourth-order valence-electron chi connectivity index (χ4n) is 2.02. The van der Waals surface area contributed by atoms with Crippen molar-refractivity contribution in [1.29, 1.82) is 0 Å². The van der Waals surface area contributed by atoms with Gasteiger partial charge in [0.2, 0.25) is 0 Å². The second-order valence-electron chi connectivity index (χ2n) is 4.40. The molecular formula is C14H12ClN5. The quantitative estimate of drug-likeness (QED) is 0.735. The maximum absolute atomic E-state index is 6.20. The third kappa shape index (κ3) is 2.02. The number of nitrogen functional groups attached to an aromatic ring is 1. The highest BCUT2D eigenvalue weighted by Gasteiger charge is 2.15. The van der Waals surface area contributed by atoms with Crippen LogP contribution >= 0.6 is 11.6 Å². The van der Waals surface area contributed by atoms with Crippen LogP contribution in [0.3, 0.4) is 0 Å². The van der Waals surface area contributed by atoms with Gasteiger partial charge in [0.1, 0.15) is 0 Å². The van der Waals surface area contributed by atoms with Gasteiger partial charge in [-0.15, -0.1) is 5.10 Å². The molecule has 100 valence electrons. The van der Waals surface area contributed by atoms with Crippen LogP contribution in [0.15, 0.2) is 42.5 Å². The second-order valence-corrected chi connectivity index (χ2v) is 4.81. The van der Waals surface area contributed by atoms with Crippen LogP contribution in [0.4, 0.5) is 5.69 Å². The van der Waals surface area contributed by atoms with E-state index in [2.05, 4.69) is 15.5 Å². The SMILES string of the molecule is Cc1cccc(-c2nnnn2-c2ccccc2Cl)c1N. The van der Waals surface area contributed by atoms with Crippen LogP contribution in [0.2, 0.25) is 5.02 Å². The molecule has 0 bridgehead atoms. The maximum Gasteiger partial charge on any atom is 0.189 e. The van der Waals surface area contributed by atoms with Crippen molar-refractivity contribution in [3.63, 3.8) is 0 Å². The molecule has 2 N–H and O–H groups in total. The molecule has 5 nitrogen and oxygen atoms in total. The number of hydrogen-bond donors (Lipinski definition) is 1. The topological polar surface area (TPSA) is 69.6 Å². The van der Waals surface area contributed by atoms with Gasteiger partial charge in [-0.1, -0.05) is 35.9 Å². The summed E-state index contributed by atoms with van der Waals surface area (Å²) in [5.41, 5.74) is 9.27. The van der Waals surface area contributed by atoms with Crippen LogP contribution in [-0.4, -0.2) is 20.2 Å². The highest BCUT2D eigenvalue weighted by Crippen LogP contribution is 2.29. The van der Waals surface area contributed by atoms with Gasteiger partial charge < -0.3 is 5.73 Å². The predicted octanol–water partition coefficient (Wildman–Crippen LogP) is 2.87. The van der Waals surface area contributed by atoms with Gasteiger partial charge in [0.15, 0.2) is 5.82 Å². The molecule has 0 aliphatic rings. The number of aromatic nitrogens is 4. The van der Waals surface area contributed by atoms with Gasteiger partial charge in [-0.25, -0.2) is 0 Å². The number of tetrazole rings is 1. The molecule has 0 amide bonds. The van der Waals surface area contributed by atoms with Gasteiger partial charge in [-0.05, 0) is 41.1 Å². The third-order valence-corrected chi connectivity index (χ3v) is 3.43. The number of nitrogens with zero attached hydrogens (tertiary/aromatic N) is 4. The first kappa shape index (κ1) is 12.6. The summed E-state index contributed by atoms with van der Waals surface area (Å²) in [4.78, 5) is 0. The zero-order chi connectivity index (χ0) is 14.1. The summed E-state index contributed by atoms with van der Waals surface area (Å²) < 4.78 is 1.59. The number of anilines is 1. The van der Waals surface area contributed by atoms with E-state index in [1.807, 2.05) is 43.3 Å². The fraction of sp³-hybridized carbons (Fsp3) is 0.0714. The van der Waals surface area contributed by atoms with E-state index >= 15 is 0 Å². The molecule has 0 fully saturated rings. The minimum Gasteiger partial charge on any atom is -0.398 e. The Hall–Kier alpha value is -2.40. The van der Waals surface area contributed by atoms with Crippen LogP contribution in [0.25, 0.3) is 17.1 Å². The Morgan fingerprint density at radius 2 is 1.90 bits per heavy atom. The zero-order valence-corrected chi connectivity index (χ0v) is 11.5. The number of hydrogen-bond acceptors (Lipinski definition) is 4. The number of nitrogens with two attached hydrogens (primary N) is 1. The minimum atomic E-state index is 0.569. The highest BCUT2D eigenvalue weighted by atomic mass is 35.5. The monoisotopic (exact) mass is 285 g/mol. The van der Waals surface area contributed by atoms with E-state index in [1.165, 1.54) is 0 Å². The molecule has 20 heavy (non-hydrogen) atoms. The smallest absolute Gasteiger partial charge is 0.189 e. The van der Waals surface area contributed by atoms with Crippen LogP contribution in [0, 0.1) is 6.92 Å². The first-order valence-corrected chi connectivity index (χ1v) is 6.45. The molecule has 3 rings (SSSR count). The van der Waals surface area contributed by atoms with Crippen LogP contribution < -0.4 is 5.73 Å². The summed E-state index contributed by atoms with van der Waals surface area (Å²) in [7, 11) is 0. The Morgan fingerprint density at radius 1 is 1.10 bits per heavy atom. The molecule has 0 aliphatic heterocycles. The Labute approximate surface area is 121 Å². The summed E-state index contributed by atoms with van der Waals surface area (Å²) in [5.74, 6) is 0.569. The molecule has 3 aromatic rings. The lowest BCUT2D eigenvalue weighted by atomic mass is 10.1. The second kappa shape index (κ2) is 4.94. The molecule has 1 aromatic heterocycles. The number of halogens is 1. The van der Waals surface area contributed by atoms with Crippen molar-refractivity contribution in [3.05, 3.63) is 53.1 Å². The van der Waals surface area contributed by atoms with Crippen molar-refractivity contribution in [1.82, 2.24) is 20.2 Å².